The van der Waals surface area contributed by atoms with Crippen molar-refractivity contribution in [3.05, 3.63) is 64.7 Å². The first-order valence-corrected chi connectivity index (χ1v) is 13.1. The van der Waals surface area contributed by atoms with Gasteiger partial charge in [-0.3, -0.25) is 19.5 Å². The van der Waals surface area contributed by atoms with E-state index in [9.17, 15) is 9.59 Å². The first-order valence-electron chi connectivity index (χ1n) is 13.1. The van der Waals surface area contributed by atoms with Crippen molar-refractivity contribution < 1.29 is 14.3 Å². The van der Waals surface area contributed by atoms with Gasteiger partial charge in [0.2, 0.25) is 0 Å². The third-order valence-electron chi connectivity index (χ3n) is 6.45. The van der Waals surface area contributed by atoms with E-state index in [4.69, 9.17) is 16.9 Å². The highest BCUT2D eigenvalue weighted by molar-refractivity contribution is 6.05. The number of carbonyl (C=O) groups is 2. The summed E-state index contributed by atoms with van der Waals surface area (Å²) in [6, 6.07) is 12.9. The minimum absolute atomic E-state index is 0.156. The number of hydrogen-bond acceptors (Lipinski definition) is 5. The maximum atomic E-state index is 12.7. The van der Waals surface area contributed by atoms with Crippen LogP contribution in [0.4, 0.5) is 5.69 Å². The minimum Gasteiger partial charge on any atom is -0.465 e. The van der Waals surface area contributed by atoms with E-state index in [0.717, 1.165) is 37.1 Å². The number of rotatable bonds is 13. The molecule has 196 valence electrons. The van der Waals surface area contributed by atoms with E-state index in [0.29, 0.717) is 31.1 Å². The van der Waals surface area contributed by atoms with Gasteiger partial charge in [0.25, 0.3) is 5.91 Å². The number of benzene rings is 2. The predicted octanol–water partition coefficient (Wildman–Crippen LogP) is 4.54. The smallest absolute Gasteiger partial charge is 0.320 e. The molecule has 3 N–H and O–H groups in total. The molecule has 37 heavy (non-hydrogen) atoms. The summed E-state index contributed by atoms with van der Waals surface area (Å²) in [6.45, 7) is 4.71. The number of unbranched alkanes of at least 4 members (excludes halogenated alkanes) is 5. The molecule has 2 aromatic carbocycles. The summed E-state index contributed by atoms with van der Waals surface area (Å²) in [5.74, 6) is 2.41. The van der Waals surface area contributed by atoms with Gasteiger partial charge in [0.05, 0.1) is 13.2 Å². The molecule has 0 bridgehead atoms. The molecule has 0 atom stereocenters. The van der Waals surface area contributed by atoms with Crippen LogP contribution in [0.3, 0.4) is 0 Å². The van der Waals surface area contributed by atoms with Crippen LogP contribution in [0, 0.1) is 12.3 Å². The van der Waals surface area contributed by atoms with Crippen LogP contribution >= 0.6 is 0 Å². The van der Waals surface area contributed by atoms with Crippen LogP contribution in [0.25, 0.3) is 0 Å². The van der Waals surface area contributed by atoms with E-state index in [1.807, 2.05) is 18.2 Å². The largest absolute Gasteiger partial charge is 0.465 e. The summed E-state index contributed by atoms with van der Waals surface area (Å²) in [4.78, 5) is 31.2. The number of nitrogens with two attached hydrogens (primary N) is 1. The SMILES string of the molecule is C#CCN=C(N)c1ccc(C(=O)Nc2ccc3c(c2)CCN(CC(=O)OCCCCCCCC)C3)cc1. The number of aliphatic imine (C=N–C) groups is 1. The number of amides is 1. The van der Waals surface area contributed by atoms with E-state index in [1.165, 1.54) is 36.8 Å². The highest BCUT2D eigenvalue weighted by Gasteiger charge is 2.20. The molecule has 1 aliphatic heterocycles. The Hall–Kier alpha value is -3.63. The second kappa shape index (κ2) is 14.8. The van der Waals surface area contributed by atoms with E-state index < -0.39 is 0 Å². The Bertz CT molecular complexity index is 1120. The fourth-order valence-electron chi connectivity index (χ4n) is 4.34. The summed E-state index contributed by atoms with van der Waals surface area (Å²) in [5.41, 5.74) is 10.2. The number of terminal acetylenes is 1. The average Bonchev–Trinajstić information content (AvgIpc) is 2.91. The van der Waals surface area contributed by atoms with Gasteiger partial charge in [-0.05, 0) is 48.2 Å². The molecule has 0 fully saturated rings. The Morgan fingerprint density at radius 2 is 1.78 bits per heavy atom. The van der Waals surface area contributed by atoms with E-state index in [2.05, 4.69) is 28.1 Å². The molecule has 1 amide bonds. The first-order chi connectivity index (χ1) is 18.0. The van der Waals surface area contributed by atoms with Gasteiger partial charge in [0.1, 0.15) is 12.4 Å². The molecule has 7 heteroatoms. The van der Waals surface area contributed by atoms with Crippen LogP contribution in [0.15, 0.2) is 47.5 Å². The van der Waals surface area contributed by atoms with Crippen molar-refractivity contribution >= 4 is 23.4 Å². The first kappa shape index (κ1) is 27.9. The monoisotopic (exact) mass is 502 g/mol. The number of anilines is 1. The van der Waals surface area contributed by atoms with E-state index in [-0.39, 0.29) is 18.4 Å². The molecule has 0 aromatic heterocycles. The Morgan fingerprint density at radius 1 is 1.05 bits per heavy atom. The number of esters is 1. The van der Waals surface area contributed by atoms with E-state index in [1.54, 1.807) is 24.3 Å². The van der Waals surface area contributed by atoms with Gasteiger partial charge in [-0.1, -0.05) is 63.1 Å². The molecule has 3 rings (SSSR count). The fraction of sp³-hybridized carbons (Fsp3) is 0.433. The molecular weight excluding hydrogens is 464 g/mol. The maximum absolute atomic E-state index is 12.7. The van der Waals surface area contributed by atoms with Crippen molar-refractivity contribution in [2.45, 2.75) is 58.4 Å². The quantitative estimate of drug-likeness (QED) is 0.138. The van der Waals surface area contributed by atoms with Crippen molar-refractivity contribution in [3.63, 3.8) is 0 Å². The molecule has 1 heterocycles. The second-order valence-electron chi connectivity index (χ2n) is 9.37. The fourth-order valence-corrected chi connectivity index (χ4v) is 4.34. The molecule has 1 aliphatic rings. The zero-order chi connectivity index (χ0) is 26.5. The standard InChI is InChI=1S/C30H38N4O3/c1-3-5-6-7-8-9-19-37-28(35)22-34-18-16-25-20-27(15-14-26(25)21-34)33-30(36)24-12-10-23(11-13-24)29(31)32-17-4-2/h2,10-15,20H,3,5-9,16-19,21-22H2,1H3,(H2,31,32)(H,33,36). The molecule has 0 unspecified atom stereocenters. The molecule has 0 radical (unpaired) electrons. The van der Waals surface area contributed by atoms with Crippen LogP contribution in [-0.4, -0.2) is 48.9 Å². The average molecular weight is 503 g/mol. The number of carbonyl (C=O) groups excluding carboxylic acids is 2. The number of ether oxygens (including phenoxy) is 1. The minimum atomic E-state index is -0.198. The summed E-state index contributed by atoms with van der Waals surface area (Å²) in [7, 11) is 0. The van der Waals surface area contributed by atoms with Gasteiger partial charge in [-0.15, -0.1) is 6.42 Å². The molecule has 0 saturated carbocycles. The number of fused-ring (bicyclic) bond motifs is 1. The zero-order valence-corrected chi connectivity index (χ0v) is 21.8. The Balaban J connectivity index is 1.45. The summed E-state index contributed by atoms with van der Waals surface area (Å²) in [5, 5.41) is 2.96. The van der Waals surface area contributed by atoms with Gasteiger partial charge in [0, 0.05) is 29.9 Å². The lowest BCUT2D eigenvalue weighted by Crippen LogP contribution is -2.35. The molecule has 0 spiro atoms. The predicted molar refractivity (Wildman–Crippen MR) is 149 cm³/mol. The lowest BCUT2D eigenvalue weighted by atomic mass is 9.99. The van der Waals surface area contributed by atoms with Gasteiger partial charge in [-0.2, -0.15) is 0 Å². The number of nitrogens with one attached hydrogen (secondary N) is 1. The molecule has 0 saturated heterocycles. The van der Waals surface area contributed by atoms with Crippen molar-refractivity contribution in [1.82, 2.24) is 4.90 Å². The van der Waals surface area contributed by atoms with Crippen molar-refractivity contribution in [3.8, 4) is 12.3 Å². The van der Waals surface area contributed by atoms with Crippen LogP contribution in [0.1, 0.15) is 72.5 Å². The third-order valence-corrected chi connectivity index (χ3v) is 6.45. The number of hydrogen-bond donors (Lipinski definition) is 2. The molecular formula is C30H38N4O3. The number of amidine groups is 1. The van der Waals surface area contributed by atoms with Gasteiger partial charge >= 0.3 is 5.97 Å². The Morgan fingerprint density at radius 3 is 2.54 bits per heavy atom. The highest BCUT2D eigenvalue weighted by Crippen LogP contribution is 2.23. The molecule has 0 aliphatic carbocycles. The topological polar surface area (TPSA) is 97.0 Å². The molecule has 2 aromatic rings. The normalized spacial score (nSPS) is 13.5. The van der Waals surface area contributed by atoms with Crippen molar-refractivity contribution in [1.29, 1.82) is 0 Å². The lowest BCUT2D eigenvalue weighted by molar-refractivity contribution is -0.145. The Labute approximate surface area is 220 Å². The van der Waals surface area contributed by atoms with Crippen molar-refractivity contribution in [2.24, 2.45) is 10.7 Å². The van der Waals surface area contributed by atoms with Crippen molar-refractivity contribution in [2.75, 3.05) is 31.6 Å². The maximum Gasteiger partial charge on any atom is 0.320 e. The summed E-state index contributed by atoms with van der Waals surface area (Å²) in [6.07, 6.45) is 13.1. The summed E-state index contributed by atoms with van der Waals surface area (Å²) < 4.78 is 5.43. The van der Waals surface area contributed by atoms with Crippen LogP contribution in [0.5, 0.6) is 0 Å². The van der Waals surface area contributed by atoms with Gasteiger partial charge in [0.15, 0.2) is 0 Å². The van der Waals surface area contributed by atoms with Crippen LogP contribution in [0.2, 0.25) is 0 Å². The zero-order valence-electron chi connectivity index (χ0n) is 21.8. The number of nitrogens with zero attached hydrogens (tertiary/aromatic N) is 2. The second-order valence-corrected chi connectivity index (χ2v) is 9.37. The molecule has 7 nitrogen and oxygen atoms in total. The van der Waals surface area contributed by atoms with Crippen LogP contribution in [-0.2, 0) is 22.5 Å². The highest BCUT2D eigenvalue weighted by atomic mass is 16.5. The Kier molecular flexibility index (Phi) is 11.2. The third kappa shape index (κ3) is 9.07. The lowest BCUT2D eigenvalue weighted by Gasteiger charge is -2.28. The van der Waals surface area contributed by atoms with Gasteiger partial charge in [-0.25, -0.2) is 0 Å². The van der Waals surface area contributed by atoms with E-state index >= 15 is 0 Å². The summed E-state index contributed by atoms with van der Waals surface area (Å²) >= 11 is 0. The van der Waals surface area contributed by atoms with Crippen LogP contribution < -0.4 is 11.1 Å². The van der Waals surface area contributed by atoms with Gasteiger partial charge < -0.3 is 15.8 Å².